The third kappa shape index (κ3) is 8.99. The summed E-state index contributed by atoms with van der Waals surface area (Å²) in [6.07, 6.45) is 6.46. The lowest BCUT2D eigenvalue weighted by Crippen LogP contribution is -2.57. The summed E-state index contributed by atoms with van der Waals surface area (Å²) in [6, 6.07) is 22.2. The average Bonchev–Trinajstić information content (AvgIpc) is 3.50. The van der Waals surface area contributed by atoms with E-state index >= 15 is 0 Å². The predicted octanol–water partition coefficient (Wildman–Crippen LogP) is 4.09. The maximum atomic E-state index is 14.4. The molecule has 4 rings (SSSR count). The highest BCUT2D eigenvalue weighted by atomic mass is 16.2. The zero-order valence-corrected chi connectivity index (χ0v) is 25.8. The van der Waals surface area contributed by atoms with Crippen LogP contribution in [0.1, 0.15) is 44.2 Å². The molecule has 228 valence electrons. The number of hydrazine groups is 1. The van der Waals surface area contributed by atoms with Crippen LogP contribution < -0.4 is 11.2 Å². The van der Waals surface area contributed by atoms with Gasteiger partial charge >= 0.3 is 0 Å². The highest BCUT2D eigenvalue weighted by molar-refractivity contribution is 5.95. The smallest absolute Gasteiger partial charge is 0.257 e. The number of hydrogen-bond acceptors (Lipinski definition) is 5. The summed E-state index contributed by atoms with van der Waals surface area (Å²) in [4.78, 5) is 44.4. The molecule has 0 spiro atoms. The Balaban J connectivity index is 1.63. The topological polar surface area (TPSA) is 99.0 Å². The van der Waals surface area contributed by atoms with Crippen LogP contribution in [0.5, 0.6) is 0 Å². The first-order chi connectivity index (χ1) is 20.5. The van der Waals surface area contributed by atoms with Crippen LogP contribution in [0.4, 0.5) is 0 Å². The van der Waals surface area contributed by atoms with E-state index in [0.717, 1.165) is 47.8 Å². The van der Waals surface area contributed by atoms with Crippen molar-refractivity contribution in [2.45, 2.75) is 63.6 Å². The minimum absolute atomic E-state index is 0.231. The molecule has 0 saturated carbocycles. The molecule has 1 aliphatic rings. The molecule has 3 aromatic rings. The first kappa shape index (κ1) is 31.9. The van der Waals surface area contributed by atoms with E-state index < -0.39 is 17.6 Å². The fourth-order valence-corrected chi connectivity index (χ4v) is 5.40. The van der Waals surface area contributed by atoms with Gasteiger partial charge in [0, 0.05) is 45.6 Å². The number of likely N-dealkylation sites (N-methyl/N-ethyl adjacent to an activating group) is 2. The SMILES string of the molecule is CN(C(=O)/C=C/CC(C)(C)N)[C@H](Cc1ccc2ccccc2c1)C(=O)N(C)[C@H](Cc1ccccc1)C(=O)NN1CCCC1. The van der Waals surface area contributed by atoms with E-state index in [1.165, 1.54) is 15.9 Å². The van der Waals surface area contributed by atoms with Crippen molar-refractivity contribution in [1.29, 1.82) is 0 Å². The van der Waals surface area contributed by atoms with Crippen molar-refractivity contribution in [3.63, 3.8) is 0 Å². The van der Waals surface area contributed by atoms with Gasteiger partial charge < -0.3 is 15.5 Å². The third-order valence-electron chi connectivity index (χ3n) is 8.01. The van der Waals surface area contributed by atoms with E-state index in [1.807, 2.05) is 85.6 Å². The number of nitrogens with two attached hydrogens (primary N) is 1. The Morgan fingerprint density at radius 1 is 0.860 bits per heavy atom. The van der Waals surface area contributed by atoms with Crippen LogP contribution in [0.3, 0.4) is 0 Å². The second-order valence-corrected chi connectivity index (χ2v) is 12.3. The first-order valence-corrected chi connectivity index (χ1v) is 15.1. The van der Waals surface area contributed by atoms with E-state index in [4.69, 9.17) is 5.73 Å². The van der Waals surface area contributed by atoms with Crippen LogP contribution in [0.25, 0.3) is 10.8 Å². The van der Waals surface area contributed by atoms with Gasteiger partial charge in [-0.3, -0.25) is 19.8 Å². The van der Waals surface area contributed by atoms with Gasteiger partial charge in [-0.05, 0) is 61.1 Å². The van der Waals surface area contributed by atoms with Crippen LogP contribution in [0.2, 0.25) is 0 Å². The van der Waals surface area contributed by atoms with Crippen LogP contribution in [-0.4, -0.2) is 77.3 Å². The number of hydrogen-bond donors (Lipinski definition) is 2. The molecule has 0 radical (unpaired) electrons. The fourth-order valence-electron chi connectivity index (χ4n) is 5.40. The van der Waals surface area contributed by atoms with Gasteiger partial charge in [0.05, 0.1) is 0 Å². The van der Waals surface area contributed by atoms with Crippen LogP contribution in [0, 0.1) is 0 Å². The van der Waals surface area contributed by atoms with Crippen molar-refractivity contribution in [2.24, 2.45) is 5.73 Å². The van der Waals surface area contributed by atoms with Gasteiger partial charge in [0.15, 0.2) is 0 Å². The maximum Gasteiger partial charge on any atom is 0.257 e. The lowest BCUT2D eigenvalue weighted by Gasteiger charge is -2.35. The Bertz CT molecular complexity index is 1430. The maximum absolute atomic E-state index is 14.4. The van der Waals surface area contributed by atoms with Crippen molar-refractivity contribution in [3.8, 4) is 0 Å². The molecule has 0 aromatic heterocycles. The minimum atomic E-state index is -0.827. The summed E-state index contributed by atoms with van der Waals surface area (Å²) in [5.41, 5.74) is 10.6. The number of fused-ring (bicyclic) bond motifs is 1. The molecule has 0 unspecified atom stereocenters. The van der Waals surface area contributed by atoms with Crippen LogP contribution in [0.15, 0.2) is 84.9 Å². The Morgan fingerprint density at radius 2 is 1.49 bits per heavy atom. The standard InChI is InChI=1S/C35H45N5O3/c1-35(2,36)20-12-17-32(41)38(3)31(25-27-18-19-28-15-8-9-16-29(28)23-27)34(43)39(4)30(24-26-13-6-5-7-14-26)33(42)37-40-21-10-11-22-40/h5-9,12-19,23,30-31H,10-11,20-22,24-25,36H2,1-4H3,(H,37,42)/b17-12+/t30-,31-/m1/s1. The van der Waals surface area contributed by atoms with Crippen LogP contribution >= 0.6 is 0 Å². The highest BCUT2D eigenvalue weighted by Gasteiger charge is 2.35. The molecule has 1 fully saturated rings. The fraction of sp³-hybridized carbons (Fsp3) is 0.400. The normalized spacial score (nSPS) is 15.4. The molecule has 2 atom stereocenters. The molecule has 0 aliphatic carbocycles. The zero-order chi connectivity index (χ0) is 31.0. The monoisotopic (exact) mass is 583 g/mol. The molecule has 43 heavy (non-hydrogen) atoms. The Morgan fingerprint density at radius 3 is 2.16 bits per heavy atom. The molecule has 8 heteroatoms. The molecule has 1 heterocycles. The van der Waals surface area contributed by atoms with Gasteiger partial charge in [-0.15, -0.1) is 0 Å². The zero-order valence-electron chi connectivity index (χ0n) is 25.8. The first-order valence-electron chi connectivity index (χ1n) is 15.1. The Hall–Kier alpha value is -4.01. The molecule has 0 bridgehead atoms. The van der Waals surface area contributed by atoms with E-state index in [1.54, 1.807) is 20.2 Å². The van der Waals surface area contributed by atoms with Crippen molar-refractivity contribution >= 4 is 28.5 Å². The number of nitrogens with one attached hydrogen (secondary N) is 1. The molecular formula is C35H45N5O3. The molecule has 8 nitrogen and oxygen atoms in total. The summed E-state index contributed by atoms with van der Waals surface area (Å²) < 4.78 is 0. The summed E-state index contributed by atoms with van der Waals surface area (Å²) in [5.74, 6) is -0.822. The number of carbonyl (C=O) groups excluding carboxylic acids is 3. The third-order valence-corrected chi connectivity index (χ3v) is 8.01. The number of nitrogens with zero attached hydrogens (tertiary/aromatic N) is 3. The summed E-state index contributed by atoms with van der Waals surface area (Å²) in [6.45, 7) is 5.36. The molecule has 3 N–H and O–H groups in total. The van der Waals surface area contributed by atoms with Crippen molar-refractivity contribution < 1.29 is 14.4 Å². The summed E-state index contributed by atoms with van der Waals surface area (Å²) in [7, 11) is 3.31. The lowest BCUT2D eigenvalue weighted by molar-refractivity contribution is -0.147. The summed E-state index contributed by atoms with van der Waals surface area (Å²) >= 11 is 0. The van der Waals surface area contributed by atoms with Crippen LogP contribution in [-0.2, 0) is 27.2 Å². The number of carbonyl (C=O) groups is 3. The number of benzene rings is 3. The molecule has 3 aromatic carbocycles. The van der Waals surface area contributed by atoms with Gasteiger partial charge in [-0.2, -0.15) is 0 Å². The van der Waals surface area contributed by atoms with E-state index in [0.29, 0.717) is 19.3 Å². The van der Waals surface area contributed by atoms with E-state index in [2.05, 4.69) is 11.5 Å². The highest BCUT2D eigenvalue weighted by Crippen LogP contribution is 2.20. The van der Waals surface area contributed by atoms with E-state index in [9.17, 15) is 14.4 Å². The predicted molar refractivity (Wildman–Crippen MR) is 172 cm³/mol. The van der Waals surface area contributed by atoms with Crippen molar-refractivity contribution in [2.75, 3.05) is 27.2 Å². The van der Waals surface area contributed by atoms with Gasteiger partial charge in [0.2, 0.25) is 11.8 Å². The Kier molecular flexibility index (Phi) is 10.7. The van der Waals surface area contributed by atoms with Gasteiger partial charge in [-0.25, -0.2) is 5.01 Å². The van der Waals surface area contributed by atoms with Gasteiger partial charge in [0.25, 0.3) is 5.91 Å². The summed E-state index contributed by atoms with van der Waals surface area (Å²) in [5, 5.41) is 4.08. The Labute approximate surface area is 255 Å². The molecule has 1 aliphatic heterocycles. The largest absolute Gasteiger partial charge is 0.332 e. The van der Waals surface area contributed by atoms with Gasteiger partial charge in [-0.1, -0.05) is 78.9 Å². The number of amides is 3. The van der Waals surface area contributed by atoms with Gasteiger partial charge in [0.1, 0.15) is 12.1 Å². The quantitative estimate of drug-likeness (QED) is 0.313. The molecule has 1 saturated heterocycles. The van der Waals surface area contributed by atoms with Crippen molar-refractivity contribution in [3.05, 3.63) is 96.1 Å². The second-order valence-electron chi connectivity index (χ2n) is 12.3. The molecular weight excluding hydrogens is 538 g/mol. The minimum Gasteiger partial charge on any atom is -0.332 e. The lowest BCUT2D eigenvalue weighted by atomic mass is 9.98. The van der Waals surface area contributed by atoms with Crippen molar-refractivity contribution in [1.82, 2.24) is 20.2 Å². The van der Waals surface area contributed by atoms with E-state index in [-0.39, 0.29) is 17.7 Å². The average molecular weight is 584 g/mol. The number of rotatable bonds is 12. The molecule has 3 amide bonds. The second kappa shape index (κ2) is 14.4.